The zero-order chi connectivity index (χ0) is 10.6. The first kappa shape index (κ1) is 12.1. The van der Waals surface area contributed by atoms with Gasteiger partial charge in [-0.3, -0.25) is 9.11 Å². The summed E-state index contributed by atoms with van der Waals surface area (Å²) in [7, 11) is -0.676. The normalized spacial score (nSPS) is 29.5. The van der Waals surface area contributed by atoms with E-state index in [1.807, 2.05) is 0 Å². The fourth-order valence-corrected chi connectivity index (χ4v) is 2.86. The molecule has 0 bridgehead atoms. The molecule has 0 radical (unpaired) electrons. The van der Waals surface area contributed by atoms with E-state index in [0.717, 1.165) is 31.9 Å². The van der Waals surface area contributed by atoms with E-state index in [-0.39, 0.29) is 0 Å². The van der Waals surface area contributed by atoms with E-state index >= 15 is 0 Å². The van der Waals surface area contributed by atoms with Crippen LogP contribution >= 0.6 is 0 Å². The third-order valence-electron chi connectivity index (χ3n) is 2.71. The predicted octanol–water partition coefficient (Wildman–Crippen LogP) is 0.295. The molecule has 3 unspecified atom stereocenters. The topological polar surface area (TPSA) is 32.3 Å². The van der Waals surface area contributed by atoms with Crippen LogP contribution in [0.4, 0.5) is 0 Å². The first-order valence-corrected chi connectivity index (χ1v) is 7.07. The van der Waals surface area contributed by atoms with Gasteiger partial charge >= 0.3 is 0 Å². The van der Waals surface area contributed by atoms with Crippen LogP contribution in [0.25, 0.3) is 0 Å². The first-order valence-electron chi connectivity index (χ1n) is 5.34. The maximum absolute atomic E-state index is 11.1. The third kappa shape index (κ3) is 4.07. The number of nitrogens with zero attached hydrogens (tertiary/aromatic N) is 1. The molecule has 3 atom stereocenters. The molecule has 1 aliphatic heterocycles. The molecule has 0 aromatic carbocycles. The second-order valence-electron chi connectivity index (χ2n) is 4.39. The second kappa shape index (κ2) is 5.83. The Hall–Kier alpha value is 0.0700. The van der Waals surface area contributed by atoms with Crippen LogP contribution in [0.5, 0.6) is 0 Å². The van der Waals surface area contributed by atoms with Gasteiger partial charge in [-0.05, 0) is 19.4 Å². The second-order valence-corrected chi connectivity index (χ2v) is 5.87. The van der Waals surface area contributed by atoms with Crippen LogP contribution in [0.2, 0.25) is 0 Å². The molecule has 0 aliphatic carbocycles. The highest BCUT2D eigenvalue weighted by Crippen LogP contribution is 2.07. The van der Waals surface area contributed by atoms with Gasteiger partial charge in [0.05, 0.1) is 0 Å². The quantitative estimate of drug-likeness (QED) is 0.739. The van der Waals surface area contributed by atoms with Gasteiger partial charge in [-0.25, -0.2) is 0 Å². The Labute approximate surface area is 89.7 Å². The molecule has 1 rings (SSSR count). The highest BCUT2D eigenvalue weighted by molar-refractivity contribution is 7.84. The summed E-state index contributed by atoms with van der Waals surface area (Å²) in [6.07, 6.45) is 1.79. The van der Waals surface area contributed by atoms with E-state index < -0.39 is 10.8 Å². The van der Waals surface area contributed by atoms with Crippen LogP contribution in [-0.4, -0.2) is 53.3 Å². The summed E-state index contributed by atoms with van der Waals surface area (Å²) in [4.78, 5) is 2.45. The molecular weight excluding hydrogens is 196 g/mol. The van der Waals surface area contributed by atoms with Crippen molar-refractivity contribution in [2.24, 2.45) is 5.92 Å². The standard InChI is InChI=1S/C10H22N2OS/c1-9-6-11-4-5-12(7-9)10(2)8-14(3)13/h9-11H,4-8H2,1-3H3. The fourth-order valence-electron chi connectivity index (χ4n) is 1.97. The number of hydrogen-bond donors (Lipinski definition) is 1. The van der Waals surface area contributed by atoms with Gasteiger partial charge in [-0.2, -0.15) is 0 Å². The van der Waals surface area contributed by atoms with Crippen LogP contribution in [0.1, 0.15) is 13.8 Å². The SMILES string of the molecule is CC1CNCCN(C(C)CS(C)=O)C1. The van der Waals surface area contributed by atoms with E-state index in [9.17, 15) is 4.21 Å². The van der Waals surface area contributed by atoms with Crippen molar-refractivity contribution in [2.75, 3.05) is 38.2 Å². The Kier molecular flexibility index (Phi) is 5.06. The smallest absolute Gasteiger partial charge is 0.0385 e. The van der Waals surface area contributed by atoms with Gasteiger partial charge in [-0.15, -0.1) is 0 Å². The van der Waals surface area contributed by atoms with Gasteiger partial charge in [0.2, 0.25) is 0 Å². The summed E-state index contributed by atoms with van der Waals surface area (Å²) in [6, 6.07) is 0.447. The summed E-state index contributed by atoms with van der Waals surface area (Å²) < 4.78 is 11.1. The van der Waals surface area contributed by atoms with E-state index in [1.54, 1.807) is 6.26 Å². The average Bonchev–Trinajstić information content (AvgIpc) is 2.28. The van der Waals surface area contributed by atoms with Crippen molar-refractivity contribution in [1.82, 2.24) is 10.2 Å². The van der Waals surface area contributed by atoms with Crippen LogP contribution < -0.4 is 5.32 Å². The van der Waals surface area contributed by atoms with Crippen molar-refractivity contribution < 1.29 is 4.21 Å². The van der Waals surface area contributed by atoms with Crippen LogP contribution in [0.15, 0.2) is 0 Å². The molecule has 1 aliphatic rings. The van der Waals surface area contributed by atoms with E-state index in [1.165, 1.54) is 0 Å². The van der Waals surface area contributed by atoms with Crippen molar-refractivity contribution in [3.05, 3.63) is 0 Å². The molecule has 1 fully saturated rings. The van der Waals surface area contributed by atoms with Crippen molar-refractivity contribution in [3.63, 3.8) is 0 Å². The van der Waals surface area contributed by atoms with Gasteiger partial charge in [0, 0.05) is 48.5 Å². The van der Waals surface area contributed by atoms with Crippen molar-refractivity contribution >= 4 is 10.8 Å². The van der Waals surface area contributed by atoms with E-state index in [0.29, 0.717) is 12.0 Å². The van der Waals surface area contributed by atoms with Gasteiger partial charge in [0.25, 0.3) is 0 Å². The lowest BCUT2D eigenvalue weighted by molar-refractivity contribution is 0.217. The van der Waals surface area contributed by atoms with Crippen LogP contribution in [0, 0.1) is 5.92 Å². The average molecular weight is 218 g/mol. The summed E-state index contributed by atoms with van der Waals surface area (Å²) in [6.45, 7) is 8.83. The van der Waals surface area contributed by atoms with E-state index in [4.69, 9.17) is 0 Å². The lowest BCUT2D eigenvalue weighted by Crippen LogP contribution is -2.40. The zero-order valence-electron chi connectivity index (χ0n) is 9.45. The molecular formula is C10H22N2OS. The fraction of sp³-hybridized carbons (Fsp3) is 1.00. The number of hydrogen-bond acceptors (Lipinski definition) is 3. The summed E-state index contributed by atoms with van der Waals surface area (Å²) >= 11 is 0. The minimum atomic E-state index is -0.676. The molecule has 84 valence electrons. The van der Waals surface area contributed by atoms with Crippen LogP contribution in [0.3, 0.4) is 0 Å². The summed E-state index contributed by atoms with van der Waals surface area (Å²) in [5.74, 6) is 1.50. The van der Waals surface area contributed by atoms with Gasteiger partial charge < -0.3 is 5.32 Å². The van der Waals surface area contributed by atoms with Crippen LogP contribution in [-0.2, 0) is 10.8 Å². The number of rotatable bonds is 3. The molecule has 0 aromatic heterocycles. The van der Waals surface area contributed by atoms with E-state index in [2.05, 4.69) is 24.1 Å². The lowest BCUT2D eigenvalue weighted by atomic mass is 10.1. The third-order valence-corrected chi connectivity index (χ3v) is 3.67. The molecule has 3 nitrogen and oxygen atoms in total. The van der Waals surface area contributed by atoms with Gasteiger partial charge in [0.15, 0.2) is 0 Å². The largest absolute Gasteiger partial charge is 0.315 e. The molecule has 14 heavy (non-hydrogen) atoms. The van der Waals surface area contributed by atoms with Crippen molar-refractivity contribution in [2.45, 2.75) is 19.9 Å². The Bertz CT molecular complexity index is 199. The molecule has 1 N–H and O–H groups in total. The molecule has 0 saturated carbocycles. The Balaban J connectivity index is 2.43. The number of nitrogens with one attached hydrogen (secondary N) is 1. The summed E-state index contributed by atoms with van der Waals surface area (Å²) in [5.41, 5.74) is 0. The zero-order valence-corrected chi connectivity index (χ0v) is 10.3. The predicted molar refractivity (Wildman–Crippen MR) is 62.0 cm³/mol. The Morgan fingerprint density at radius 2 is 2.36 bits per heavy atom. The minimum absolute atomic E-state index is 0.447. The molecule has 0 amide bonds. The molecule has 4 heteroatoms. The maximum atomic E-state index is 11.1. The molecule has 0 spiro atoms. The Morgan fingerprint density at radius 1 is 1.64 bits per heavy atom. The maximum Gasteiger partial charge on any atom is 0.0385 e. The van der Waals surface area contributed by atoms with Crippen molar-refractivity contribution in [3.8, 4) is 0 Å². The van der Waals surface area contributed by atoms with Gasteiger partial charge in [-0.1, -0.05) is 6.92 Å². The summed E-state index contributed by atoms with van der Waals surface area (Å²) in [5, 5.41) is 3.42. The van der Waals surface area contributed by atoms with Crippen molar-refractivity contribution in [1.29, 1.82) is 0 Å². The molecule has 1 heterocycles. The highest BCUT2D eigenvalue weighted by atomic mass is 32.2. The lowest BCUT2D eigenvalue weighted by Gasteiger charge is -2.28. The minimum Gasteiger partial charge on any atom is -0.315 e. The highest BCUT2D eigenvalue weighted by Gasteiger charge is 2.19. The monoisotopic (exact) mass is 218 g/mol. The van der Waals surface area contributed by atoms with Gasteiger partial charge in [0.1, 0.15) is 0 Å². The molecule has 1 saturated heterocycles. The molecule has 0 aromatic rings. The first-order chi connectivity index (χ1) is 6.59. The Morgan fingerprint density at radius 3 is 3.00 bits per heavy atom.